The summed E-state index contributed by atoms with van der Waals surface area (Å²) in [6.45, 7) is 1.33. The van der Waals surface area contributed by atoms with Crippen LogP contribution in [-0.4, -0.2) is 30.2 Å². The highest BCUT2D eigenvalue weighted by Gasteiger charge is 2.31. The van der Waals surface area contributed by atoms with Crippen LogP contribution in [0.5, 0.6) is 0 Å². The number of fused-ring (bicyclic) bond motifs is 1. The lowest BCUT2D eigenvalue weighted by Crippen LogP contribution is -2.10. The van der Waals surface area contributed by atoms with Gasteiger partial charge in [0, 0.05) is 18.7 Å². The molecule has 1 atom stereocenters. The van der Waals surface area contributed by atoms with Crippen LogP contribution < -0.4 is 5.32 Å². The van der Waals surface area contributed by atoms with Crippen LogP contribution in [0.2, 0.25) is 0 Å². The molecule has 2 aliphatic rings. The molecule has 5 nitrogen and oxygen atoms in total. The zero-order valence-corrected chi connectivity index (χ0v) is 5.74. The predicted molar refractivity (Wildman–Crippen MR) is 36.2 cm³/mol. The summed E-state index contributed by atoms with van der Waals surface area (Å²) in [4.78, 5) is 10.5. The second-order valence-electron chi connectivity index (χ2n) is 2.54. The molecule has 0 radical (unpaired) electrons. The standard InChI is InChI=1S/C6H7N3O2/c10-6(11)5-3-1-7-2-4(3)8-9-5/h4,7H,1-2H2,(H,10,11). The Kier molecular flexibility index (Phi) is 1.25. The number of azo groups is 1. The summed E-state index contributed by atoms with van der Waals surface area (Å²) in [5.74, 6) is -0.977. The molecule has 2 N–H and O–H groups in total. The summed E-state index contributed by atoms with van der Waals surface area (Å²) in [5.41, 5.74) is 0.942. The van der Waals surface area contributed by atoms with Crippen LogP contribution in [0.4, 0.5) is 0 Å². The Morgan fingerprint density at radius 3 is 3.27 bits per heavy atom. The van der Waals surface area contributed by atoms with Crippen molar-refractivity contribution in [1.29, 1.82) is 0 Å². The van der Waals surface area contributed by atoms with Gasteiger partial charge in [-0.3, -0.25) is 0 Å². The number of hydrogen-bond acceptors (Lipinski definition) is 4. The summed E-state index contributed by atoms with van der Waals surface area (Å²) in [6, 6.07) is -0.0129. The number of carboxylic acid groups (broad SMARTS) is 1. The third kappa shape index (κ3) is 0.848. The Balaban J connectivity index is 2.37. The van der Waals surface area contributed by atoms with Crippen molar-refractivity contribution in [3.05, 3.63) is 11.3 Å². The lowest BCUT2D eigenvalue weighted by Gasteiger charge is -1.93. The summed E-state index contributed by atoms with van der Waals surface area (Å²) in [5, 5.41) is 19.0. The molecule has 2 aliphatic heterocycles. The monoisotopic (exact) mass is 153 g/mol. The van der Waals surface area contributed by atoms with E-state index in [-0.39, 0.29) is 11.7 Å². The molecule has 1 fully saturated rings. The first-order valence-corrected chi connectivity index (χ1v) is 3.37. The zero-order valence-electron chi connectivity index (χ0n) is 5.74. The maximum absolute atomic E-state index is 10.5. The fourth-order valence-corrected chi connectivity index (χ4v) is 1.31. The number of nitrogens with zero attached hydrogens (tertiary/aromatic N) is 2. The van der Waals surface area contributed by atoms with Gasteiger partial charge in [0.15, 0.2) is 5.70 Å². The molecule has 11 heavy (non-hydrogen) atoms. The largest absolute Gasteiger partial charge is 0.476 e. The molecule has 0 spiro atoms. The van der Waals surface area contributed by atoms with E-state index in [0.717, 1.165) is 12.1 Å². The number of hydrogen-bond donors (Lipinski definition) is 2. The van der Waals surface area contributed by atoms with Crippen molar-refractivity contribution in [3.8, 4) is 0 Å². The van der Waals surface area contributed by atoms with Gasteiger partial charge in [0.05, 0.1) is 0 Å². The Morgan fingerprint density at radius 1 is 1.73 bits per heavy atom. The minimum absolute atomic E-state index is 0.0129. The number of nitrogens with one attached hydrogen (secondary N) is 1. The minimum atomic E-state index is -0.977. The maximum Gasteiger partial charge on any atom is 0.356 e. The van der Waals surface area contributed by atoms with Crippen molar-refractivity contribution >= 4 is 5.97 Å². The molecule has 0 amide bonds. The van der Waals surface area contributed by atoms with Gasteiger partial charge in [0.25, 0.3) is 0 Å². The highest BCUT2D eigenvalue weighted by Crippen LogP contribution is 2.24. The van der Waals surface area contributed by atoms with E-state index in [2.05, 4.69) is 15.5 Å². The number of rotatable bonds is 1. The van der Waals surface area contributed by atoms with Crippen LogP contribution in [0.3, 0.4) is 0 Å². The van der Waals surface area contributed by atoms with E-state index in [0.29, 0.717) is 6.54 Å². The minimum Gasteiger partial charge on any atom is -0.476 e. The van der Waals surface area contributed by atoms with Crippen LogP contribution in [-0.2, 0) is 4.79 Å². The average Bonchev–Trinajstić information content (AvgIpc) is 2.41. The highest BCUT2D eigenvalue weighted by molar-refractivity contribution is 5.88. The van der Waals surface area contributed by atoms with E-state index in [1.54, 1.807) is 0 Å². The Labute approximate surface area is 62.8 Å². The molecule has 0 bridgehead atoms. The van der Waals surface area contributed by atoms with Crippen LogP contribution >= 0.6 is 0 Å². The van der Waals surface area contributed by atoms with E-state index < -0.39 is 5.97 Å². The van der Waals surface area contributed by atoms with E-state index in [1.807, 2.05) is 0 Å². The molecule has 0 aromatic carbocycles. The Hall–Kier alpha value is -1.23. The summed E-state index contributed by atoms with van der Waals surface area (Å²) in [6.07, 6.45) is 0. The van der Waals surface area contributed by atoms with Crippen molar-refractivity contribution in [2.24, 2.45) is 10.2 Å². The predicted octanol–water partition coefficient (Wildman–Crippen LogP) is -0.237. The smallest absolute Gasteiger partial charge is 0.356 e. The molecule has 0 aromatic rings. The van der Waals surface area contributed by atoms with E-state index in [1.165, 1.54) is 0 Å². The molecule has 1 unspecified atom stereocenters. The third-order valence-corrected chi connectivity index (χ3v) is 1.86. The summed E-state index contributed by atoms with van der Waals surface area (Å²) >= 11 is 0. The van der Waals surface area contributed by atoms with Gasteiger partial charge in [-0.25, -0.2) is 4.79 Å². The second kappa shape index (κ2) is 2.13. The van der Waals surface area contributed by atoms with Crippen molar-refractivity contribution in [2.45, 2.75) is 6.04 Å². The molecule has 58 valence electrons. The molecule has 0 aromatic heterocycles. The fraction of sp³-hybridized carbons (Fsp3) is 0.500. The van der Waals surface area contributed by atoms with Crippen molar-refractivity contribution < 1.29 is 9.90 Å². The summed E-state index contributed by atoms with van der Waals surface area (Å²) in [7, 11) is 0. The molecule has 2 heterocycles. The molecule has 1 saturated heterocycles. The zero-order chi connectivity index (χ0) is 7.84. The van der Waals surface area contributed by atoms with Gasteiger partial charge < -0.3 is 10.4 Å². The van der Waals surface area contributed by atoms with Crippen LogP contribution in [0.1, 0.15) is 0 Å². The SMILES string of the molecule is O=C(O)C1=C2CNCC2N=N1. The van der Waals surface area contributed by atoms with Gasteiger partial charge in [-0.15, -0.1) is 5.11 Å². The van der Waals surface area contributed by atoms with Gasteiger partial charge in [-0.05, 0) is 0 Å². The Bertz CT molecular complexity index is 269. The number of aliphatic carboxylic acids is 1. The first kappa shape index (κ1) is 6.48. The molecular formula is C6H7N3O2. The number of carbonyl (C=O) groups is 1. The van der Waals surface area contributed by atoms with Crippen LogP contribution in [0, 0.1) is 0 Å². The van der Waals surface area contributed by atoms with E-state index in [9.17, 15) is 4.79 Å². The van der Waals surface area contributed by atoms with Crippen molar-refractivity contribution in [3.63, 3.8) is 0 Å². The Morgan fingerprint density at radius 2 is 2.55 bits per heavy atom. The van der Waals surface area contributed by atoms with Gasteiger partial charge in [0.1, 0.15) is 6.04 Å². The number of carboxylic acids is 1. The van der Waals surface area contributed by atoms with Gasteiger partial charge >= 0.3 is 5.97 Å². The fourth-order valence-electron chi connectivity index (χ4n) is 1.31. The van der Waals surface area contributed by atoms with E-state index in [4.69, 9.17) is 5.11 Å². The molecule has 0 saturated carbocycles. The first-order chi connectivity index (χ1) is 5.29. The van der Waals surface area contributed by atoms with E-state index >= 15 is 0 Å². The topological polar surface area (TPSA) is 74.0 Å². The van der Waals surface area contributed by atoms with Crippen LogP contribution in [0.15, 0.2) is 21.5 Å². The second-order valence-corrected chi connectivity index (χ2v) is 2.54. The normalized spacial score (nSPS) is 27.8. The highest BCUT2D eigenvalue weighted by atomic mass is 16.4. The van der Waals surface area contributed by atoms with Crippen molar-refractivity contribution in [2.75, 3.05) is 13.1 Å². The lowest BCUT2D eigenvalue weighted by molar-refractivity contribution is -0.132. The summed E-state index contributed by atoms with van der Waals surface area (Å²) < 4.78 is 0. The molecule has 0 aliphatic carbocycles. The van der Waals surface area contributed by atoms with Gasteiger partial charge in [0.2, 0.25) is 0 Å². The maximum atomic E-state index is 10.5. The van der Waals surface area contributed by atoms with Gasteiger partial charge in [-0.2, -0.15) is 5.11 Å². The quantitative estimate of drug-likeness (QED) is 0.546. The van der Waals surface area contributed by atoms with Crippen molar-refractivity contribution in [1.82, 2.24) is 5.32 Å². The van der Waals surface area contributed by atoms with Crippen LogP contribution in [0.25, 0.3) is 0 Å². The average molecular weight is 153 g/mol. The molecule has 5 heteroatoms. The molecule has 2 rings (SSSR count). The first-order valence-electron chi connectivity index (χ1n) is 3.37. The lowest BCUT2D eigenvalue weighted by atomic mass is 10.1. The third-order valence-electron chi connectivity index (χ3n) is 1.86. The van der Waals surface area contributed by atoms with Gasteiger partial charge in [-0.1, -0.05) is 0 Å². The molecular weight excluding hydrogens is 146 g/mol.